The second-order valence-electron chi connectivity index (χ2n) is 9.00. The molecule has 0 saturated carbocycles. The number of ketones is 1. The molecule has 33 heavy (non-hydrogen) atoms. The van der Waals surface area contributed by atoms with Gasteiger partial charge in [-0.3, -0.25) is 4.79 Å². The molecule has 1 aromatic carbocycles. The summed E-state index contributed by atoms with van der Waals surface area (Å²) in [6, 6.07) is 10.4. The maximum Gasteiger partial charge on any atom is 0.179 e. The molecule has 0 amide bonds. The number of Topliss-reactive ketones (excluding diaryl/α,β-unsaturated/α-hetero) is 1. The summed E-state index contributed by atoms with van der Waals surface area (Å²) in [7, 11) is 0. The number of rotatable bonds is 2. The van der Waals surface area contributed by atoms with Crippen molar-refractivity contribution in [3.63, 3.8) is 0 Å². The van der Waals surface area contributed by atoms with Crippen LogP contribution in [0.5, 0.6) is 0 Å². The highest BCUT2D eigenvalue weighted by molar-refractivity contribution is 6.02. The first kappa shape index (κ1) is 21.1. The van der Waals surface area contributed by atoms with Crippen LogP contribution in [0.4, 0.5) is 4.39 Å². The molecule has 3 aromatic rings. The lowest BCUT2D eigenvalue weighted by molar-refractivity contribution is -0.121. The third-order valence-electron chi connectivity index (χ3n) is 7.00. The first-order chi connectivity index (χ1) is 15.8. The number of allylic oxidation sites excluding steroid dienone is 2. The molecule has 0 radical (unpaired) electrons. The van der Waals surface area contributed by atoms with E-state index in [1.165, 1.54) is 12.4 Å². The Labute approximate surface area is 191 Å². The van der Waals surface area contributed by atoms with Gasteiger partial charge in [0.25, 0.3) is 0 Å². The highest BCUT2D eigenvalue weighted by Crippen LogP contribution is 2.50. The molecule has 0 N–H and O–H groups in total. The standard InChI is InChI=1S/C26H22FN5O/c1-14-10-21(30-13-29-14)25-31-22(17-6-4-5-7-20(17)27)18-8-9-19-15(2)23(33)16(12-28)11-26(19,3)24(18)32-25/h4-7,10-11,13,15,19H,8-9H2,1-3H3/t15-,19-,26-/m1/s1. The van der Waals surface area contributed by atoms with Gasteiger partial charge in [0.2, 0.25) is 0 Å². The lowest BCUT2D eigenvalue weighted by Gasteiger charge is -2.45. The van der Waals surface area contributed by atoms with E-state index in [0.29, 0.717) is 29.2 Å². The zero-order valence-corrected chi connectivity index (χ0v) is 18.6. The van der Waals surface area contributed by atoms with Crippen molar-refractivity contribution in [2.24, 2.45) is 11.8 Å². The van der Waals surface area contributed by atoms with Crippen molar-refractivity contribution in [1.82, 2.24) is 19.9 Å². The number of carbonyl (C=O) groups excluding carboxylic acids is 1. The van der Waals surface area contributed by atoms with Gasteiger partial charge in [0, 0.05) is 28.2 Å². The van der Waals surface area contributed by atoms with E-state index < -0.39 is 5.41 Å². The molecule has 2 aliphatic rings. The normalized spacial score (nSPS) is 23.8. The van der Waals surface area contributed by atoms with Gasteiger partial charge < -0.3 is 0 Å². The van der Waals surface area contributed by atoms with Crippen molar-refractivity contribution in [3.05, 3.63) is 71.1 Å². The quantitative estimate of drug-likeness (QED) is 0.582. The number of aryl methyl sites for hydroxylation is 1. The van der Waals surface area contributed by atoms with Crippen LogP contribution in [0.1, 0.15) is 37.2 Å². The molecule has 0 unspecified atom stereocenters. The number of nitriles is 1. The van der Waals surface area contributed by atoms with Crippen molar-refractivity contribution in [1.29, 1.82) is 5.26 Å². The van der Waals surface area contributed by atoms with E-state index in [1.54, 1.807) is 30.3 Å². The average molecular weight is 439 g/mol. The highest BCUT2D eigenvalue weighted by atomic mass is 19.1. The number of aromatic nitrogens is 4. The molecule has 5 rings (SSSR count). The van der Waals surface area contributed by atoms with Gasteiger partial charge in [0.15, 0.2) is 11.6 Å². The first-order valence-electron chi connectivity index (χ1n) is 11.0. The topological polar surface area (TPSA) is 92.4 Å². The number of hydrogen-bond donors (Lipinski definition) is 0. The van der Waals surface area contributed by atoms with Crippen molar-refractivity contribution in [2.75, 3.05) is 0 Å². The number of hydrogen-bond acceptors (Lipinski definition) is 6. The summed E-state index contributed by atoms with van der Waals surface area (Å²) in [4.78, 5) is 31.0. The predicted octanol–water partition coefficient (Wildman–Crippen LogP) is 4.54. The summed E-state index contributed by atoms with van der Waals surface area (Å²) in [6.07, 6.45) is 4.55. The second-order valence-corrected chi connectivity index (χ2v) is 9.00. The maximum absolute atomic E-state index is 14.9. The molecule has 2 aliphatic carbocycles. The van der Waals surface area contributed by atoms with E-state index in [4.69, 9.17) is 9.97 Å². The van der Waals surface area contributed by atoms with Gasteiger partial charge in [0.05, 0.1) is 17.0 Å². The highest BCUT2D eigenvalue weighted by Gasteiger charge is 2.49. The number of carbonyl (C=O) groups is 1. The molecule has 0 aliphatic heterocycles. The molecule has 2 aromatic heterocycles. The Balaban J connectivity index is 1.84. The summed E-state index contributed by atoms with van der Waals surface area (Å²) in [5.41, 5.74) is 3.30. The lowest BCUT2D eigenvalue weighted by atomic mass is 9.57. The fraction of sp³-hybridized carbons (Fsp3) is 0.308. The van der Waals surface area contributed by atoms with Crippen LogP contribution in [0.25, 0.3) is 22.8 Å². The molecule has 7 heteroatoms. The summed E-state index contributed by atoms with van der Waals surface area (Å²) in [5, 5.41) is 9.63. The van der Waals surface area contributed by atoms with E-state index >= 15 is 0 Å². The van der Waals surface area contributed by atoms with Crippen LogP contribution in [-0.4, -0.2) is 25.7 Å². The molecule has 6 nitrogen and oxygen atoms in total. The van der Waals surface area contributed by atoms with Gasteiger partial charge in [-0.05, 0) is 43.9 Å². The Morgan fingerprint density at radius 1 is 1.21 bits per heavy atom. The fourth-order valence-corrected chi connectivity index (χ4v) is 5.34. The number of halogens is 1. The minimum atomic E-state index is -0.661. The van der Waals surface area contributed by atoms with E-state index in [9.17, 15) is 14.4 Å². The van der Waals surface area contributed by atoms with Crippen LogP contribution in [-0.2, 0) is 16.6 Å². The van der Waals surface area contributed by atoms with E-state index in [0.717, 1.165) is 23.4 Å². The molecule has 0 bridgehead atoms. The van der Waals surface area contributed by atoms with Crippen molar-refractivity contribution < 1.29 is 9.18 Å². The number of nitrogens with zero attached hydrogens (tertiary/aromatic N) is 5. The van der Waals surface area contributed by atoms with Crippen molar-refractivity contribution >= 4 is 5.78 Å². The van der Waals surface area contributed by atoms with Crippen LogP contribution in [0.3, 0.4) is 0 Å². The largest absolute Gasteiger partial charge is 0.293 e. The smallest absolute Gasteiger partial charge is 0.179 e. The summed E-state index contributed by atoms with van der Waals surface area (Å²) in [6.45, 7) is 5.76. The predicted molar refractivity (Wildman–Crippen MR) is 120 cm³/mol. The number of benzene rings is 1. The van der Waals surface area contributed by atoms with Gasteiger partial charge in [-0.2, -0.15) is 5.26 Å². The van der Waals surface area contributed by atoms with Gasteiger partial charge in [-0.1, -0.05) is 32.1 Å². The molecular weight excluding hydrogens is 417 g/mol. The van der Waals surface area contributed by atoms with E-state index in [1.807, 2.05) is 20.8 Å². The van der Waals surface area contributed by atoms with E-state index in [-0.39, 0.29) is 29.0 Å². The molecule has 3 atom stereocenters. The molecule has 0 fully saturated rings. The minimum Gasteiger partial charge on any atom is -0.293 e. The van der Waals surface area contributed by atoms with Crippen LogP contribution in [0.2, 0.25) is 0 Å². The Morgan fingerprint density at radius 3 is 2.73 bits per heavy atom. The zero-order chi connectivity index (χ0) is 23.3. The van der Waals surface area contributed by atoms with Crippen LogP contribution in [0, 0.1) is 35.9 Å². The molecule has 2 heterocycles. The Kier molecular flexibility index (Phi) is 4.89. The lowest BCUT2D eigenvalue weighted by Crippen LogP contribution is -2.46. The fourth-order valence-electron chi connectivity index (χ4n) is 5.34. The van der Waals surface area contributed by atoms with Crippen LogP contribution < -0.4 is 0 Å². The average Bonchev–Trinajstić information content (AvgIpc) is 2.81. The summed E-state index contributed by atoms with van der Waals surface area (Å²) in [5.74, 6) is -0.442. The van der Waals surface area contributed by atoms with Gasteiger partial charge in [-0.15, -0.1) is 0 Å². The maximum atomic E-state index is 14.9. The van der Waals surface area contributed by atoms with Crippen molar-refractivity contribution in [3.8, 4) is 28.8 Å². The Bertz CT molecular complexity index is 1380. The SMILES string of the molecule is Cc1cc(-c2nc(-c3ccccc3F)c3c(n2)[C@]2(C)C=C(C#N)C(=O)[C@H](C)[C@H]2CC3)ncn1. The molecule has 164 valence electrons. The summed E-state index contributed by atoms with van der Waals surface area (Å²) >= 11 is 0. The minimum absolute atomic E-state index is 0.0158. The second kappa shape index (κ2) is 7.66. The molecule has 0 saturated heterocycles. The van der Waals surface area contributed by atoms with Gasteiger partial charge in [0.1, 0.15) is 23.9 Å². The van der Waals surface area contributed by atoms with Crippen LogP contribution in [0.15, 0.2) is 48.3 Å². The third kappa shape index (κ3) is 3.25. The third-order valence-corrected chi connectivity index (χ3v) is 7.00. The van der Waals surface area contributed by atoms with Gasteiger partial charge >= 0.3 is 0 Å². The zero-order valence-electron chi connectivity index (χ0n) is 18.6. The Hall–Kier alpha value is -3.79. The monoisotopic (exact) mass is 439 g/mol. The van der Waals surface area contributed by atoms with Gasteiger partial charge in [-0.25, -0.2) is 24.3 Å². The summed E-state index contributed by atoms with van der Waals surface area (Å²) < 4.78 is 14.9. The first-order valence-corrected chi connectivity index (χ1v) is 11.0. The van der Waals surface area contributed by atoms with Crippen molar-refractivity contribution in [2.45, 2.75) is 39.0 Å². The molecular formula is C26H22FN5O. The molecule has 0 spiro atoms. The Morgan fingerprint density at radius 2 is 2.00 bits per heavy atom. The van der Waals surface area contributed by atoms with E-state index in [2.05, 4.69) is 16.0 Å². The number of fused-ring (bicyclic) bond motifs is 3. The van der Waals surface area contributed by atoms with Crippen LogP contribution >= 0.6 is 0 Å².